The Morgan fingerprint density at radius 1 is 1.15 bits per heavy atom. The molecule has 2 aromatic heterocycles. The molecule has 3 aromatic rings. The van der Waals surface area contributed by atoms with Gasteiger partial charge in [-0.1, -0.05) is 41.9 Å². The number of ether oxygens (including phenoxy) is 2. The number of nitrogens with one attached hydrogen (secondary N) is 1. The summed E-state index contributed by atoms with van der Waals surface area (Å²) in [4.78, 5) is 12.5. The van der Waals surface area contributed by atoms with Crippen LogP contribution < -0.4 is 10.1 Å². The maximum absolute atomic E-state index is 12.5. The Kier molecular flexibility index (Phi) is 6.83. The van der Waals surface area contributed by atoms with Crippen molar-refractivity contribution in [1.29, 1.82) is 0 Å². The summed E-state index contributed by atoms with van der Waals surface area (Å²) in [5.41, 5.74) is 1.55. The second-order valence-corrected chi connectivity index (χ2v) is 9.56. The van der Waals surface area contributed by atoms with Crippen LogP contribution in [0, 0.1) is 0 Å². The zero-order valence-corrected chi connectivity index (χ0v) is 19.7. The van der Waals surface area contributed by atoms with Gasteiger partial charge in [0.1, 0.15) is 18.5 Å². The molecule has 1 aromatic carbocycles. The number of hydrogen-bond donors (Lipinski definition) is 1. The highest BCUT2D eigenvalue weighted by molar-refractivity contribution is 6.29. The number of halogens is 1. The lowest BCUT2D eigenvalue weighted by molar-refractivity contribution is 0.154. The Bertz CT molecular complexity index is 1080. The molecule has 1 aliphatic rings. The second-order valence-electron chi connectivity index (χ2n) is 9.17. The van der Waals surface area contributed by atoms with Crippen LogP contribution in [-0.4, -0.2) is 32.2 Å². The fraction of sp³-hybridized carbons (Fsp3) is 0.417. The monoisotopic (exact) mass is 469 g/mol. The van der Waals surface area contributed by atoms with E-state index in [0.717, 1.165) is 30.5 Å². The highest BCUT2D eigenvalue weighted by Crippen LogP contribution is 2.37. The van der Waals surface area contributed by atoms with Crippen molar-refractivity contribution in [3.05, 3.63) is 64.9 Å². The fourth-order valence-corrected chi connectivity index (χ4v) is 4.02. The number of hydrogen-bond acceptors (Lipinski definition) is 6. The Hall–Kier alpha value is -3.13. The number of nitrogens with zero attached hydrogens (tertiary/aromatic N) is 4. The topological polar surface area (TPSA) is 91.2 Å². The maximum Gasteiger partial charge on any atom is 0.413 e. The van der Waals surface area contributed by atoms with Gasteiger partial charge in [0.05, 0.1) is 11.2 Å². The van der Waals surface area contributed by atoms with E-state index in [4.69, 9.17) is 26.2 Å². The molecule has 2 atom stereocenters. The molecule has 174 valence electrons. The van der Waals surface area contributed by atoms with Gasteiger partial charge in [0.2, 0.25) is 5.88 Å². The van der Waals surface area contributed by atoms with Gasteiger partial charge in [-0.2, -0.15) is 5.10 Å². The first kappa shape index (κ1) is 23.0. The first-order chi connectivity index (χ1) is 15.8. The molecule has 0 saturated heterocycles. The number of rotatable bonds is 6. The first-order valence-electron chi connectivity index (χ1n) is 11.0. The van der Waals surface area contributed by atoms with Crippen molar-refractivity contribution < 1.29 is 14.3 Å². The van der Waals surface area contributed by atoms with Crippen LogP contribution in [0.5, 0.6) is 5.88 Å². The van der Waals surface area contributed by atoms with E-state index in [1.165, 1.54) is 0 Å². The predicted molar refractivity (Wildman–Crippen MR) is 126 cm³/mol. The van der Waals surface area contributed by atoms with Gasteiger partial charge in [0, 0.05) is 18.1 Å². The molecule has 9 heteroatoms. The van der Waals surface area contributed by atoms with Crippen molar-refractivity contribution in [1.82, 2.24) is 20.0 Å². The molecule has 8 nitrogen and oxygen atoms in total. The second kappa shape index (κ2) is 9.79. The minimum atomic E-state index is -0.509. The molecule has 0 radical (unpaired) electrons. The highest BCUT2D eigenvalue weighted by Gasteiger charge is 2.31. The molecule has 1 N–H and O–H groups in total. The zero-order chi connectivity index (χ0) is 23.4. The third-order valence-corrected chi connectivity index (χ3v) is 5.71. The van der Waals surface area contributed by atoms with Crippen LogP contribution in [-0.2, 0) is 16.9 Å². The molecule has 1 amide bonds. The minimum Gasteiger partial charge on any atom is -0.473 e. The predicted octanol–water partition coefficient (Wildman–Crippen LogP) is 5.55. The third-order valence-electron chi connectivity index (χ3n) is 5.50. The summed E-state index contributed by atoms with van der Waals surface area (Å²) in [6, 6.07) is 14.9. The van der Waals surface area contributed by atoms with E-state index in [1.54, 1.807) is 12.1 Å². The average Bonchev–Trinajstić information content (AvgIpc) is 3.42. The summed E-state index contributed by atoms with van der Waals surface area (Å²) >= 11 is 5.79. The summed E-state index contributed by atoms with van der Waals surface area (Å²) in [7, 11) is 0. The van der Waals surface area contributed by atoms with Crippen molar-refractivity contribution in [2.45, 2.75) is 64.2 Å². The fourth-order valence-electron chi connectivity index (χ4n) is 3.92. The lowest BCUT2D eigenvalue weighted by Crippen LogP contribution is -2.27. The number of anilines is 1. The van der Waals surface area contributed by atoms with E-state index in [9.17, 15) is 4.79 Å². The number of amides is 1. The zero-order valence-electron chi connectivity index (χ0n) is 19.0. The molecule has 0 bridgehead atoms. The molecule has 0 unspecified atom stereocenters. The van der Waals surface area contributed by atoms with Crippen LogP contribution in [0.4, 0.5) is 10.6 Å². The van der Waals surface area contributed by atoms with Crippen LogP contribution in [0.15, 0.2) is 48.5 Å². The van der Waals surface area contributed by atoms with Gasteiger partial charge in [-0.3, -0.25) is 5.32 Å². The van der Waals surface area contributed by atoms with Gasteiger partial charge >= 0.3 is 6.09 Å². The van der Waals surface area contributed by atoms with Gasteiger partial charge in [0.15, 0.2) is 5.15 Å². The summed E-state index contributed by atoms with van der Waals surface area (Å²) in [5.74, 6) is 1.30. The first-order valence-corrected chi connectivity index (χ1v) is 11.4. The molecule has 4 rings (SSSR count). The number of carbonyl (C=O) groups excluding carboxylic acids is 1. The van der Waals surface area contributed by atoms with E-state index in [0.29, 0.717) is 16.9 Å². The van der Waals surface area contributed by atoms with Crippen molar-refractivity contribution in [2.75, 3.05) is 5.32 Å². The van der Waals surface area contributed by atoms with Gasteiger partial charge in [0.25, 0.3) is 0 Å². The van der Waals surface area contributed by atoms with Crippen molar-refractivity contribution >= 4 is 23.5 Å². The molecule has 0 spiro atoms. The van der Waals surface area contributed by atoms with Gasteiger partial charge in [-0.05, 0) is 51.7 Å². The molecule has 33 heavy (non-hydrogen) atoms. The summed E-state index contributed by atoms with van der Waals surface area (Å²) in [6.07, 6.45) is 2.15. The Labute approximate surface area is 198 Å². The highest BCUT2D eigenvalue weighted by atomic mass is 35.5. The normalized spacial score (nSPS) is 18.2. The van der Waals surface area contributed by atoms with Crippen molar-refractivity contribution in [3.63, 3.8) is 0 Å². The van der Waals surface area contributed by atoms with E-state index in [2.05, 4.69) is 15.5 Å². The number of aromatic nitrogens is 4. The Morgan fingerprint density at radius 2 is 1.94 bits per heavy atom. The van der Waals surface area contributed by atoms with Crippen LogP contribution in [0.1, 0.15) is 57.2 Å². The van der Waals surface area contributed by atoms with Crippen molar-refractivity contribution in [2.24, 2.45) is 0 Å². The van der Waals surface area contributed by atoms with E-state index in [1.807, 2.05) is 61.9 Å². The number of benzene rings is 1. The summed E-state index contributed by atoms with van der Waals surface area (Å²) in [5, 5.41) is 15.8. The maximum atomic E-state index is 12.5. The standard InChI is InChI=1S/C24H28ClN5O3/c1-24(2,3)30-21(26-23(31)32-15-16-7-5-4-6-8-16)14-19(29-30)17-9-10-18(13-17)33-22-12-11-20(25)27-28-22/h4-8,11-12,14,17-18H,9-10,13,15H2,1-3H3,(H,26,31)/t17-,18+/m0/s1. The van der Waals surface area contributed by atoms with Gasteiger partial charge < -0.3 is 9.47 Å². The molecule has 1 saturated carbocycles. The van der Waals surface area contributed by atoms with Crippen LogP contribution in [0.2, 0.25) is 5.15 Å². The molecule has 1 fully saturated rings. The largest absolute Gasteiger partial charge is 0.473 e. The molecule has 0 aliphatic heterocycles. The van der Waals surface area contributed by atoms with Crippen LogP contribution in [0.25, 0.3) is 0 Å². The van der Waals surface area contributed by atoms with E-state index >= 15 is 0 Å². The lowest BCUT2D eigenvalue weighted by atomic mass is 10.0. The Balaban J connectivity index is 1.41. The van der Waals surface area contributed by atoms with Crippen LogP contribution in [0.3, 0.4) is 0 Å². The van der Waals surface area contributed by atoms with Gasteiger partial charge in [-0.15, -0.1) is 10.2 Å². The van der Waals surface area contributed by atoms with E-state index < -0.39 is 6.09 Å². The Morgan fingerprint density at radius 3 is 2.64 bits per heavy atom. The SMILES string of the molecule is CC(C)(C)n1nc([C@H]2CC[C@@H](Oc3ccc(Cl)nn3)C2)cc1NC(=O)OCc1ccccc1. The molecular weight excluding hydrogens is 442 g/mol. The van der Waals surface area contributed by atoms with Crippen molar-refractivity contribution in [3.8, 4) is 5.88 Å². The quantitative estimate of drug-likeness (QED) is 0.509. The molecule has 2 heterocycles. The molecule has 1 aliphatic carbocycles. The van der Waals surface area contributed by atoms with Crippen LogP contribution >= 0.6 is 11.6 Å². The average molecular weight is 470 g/mol. The summed E-state index contributed by atoms with van der Waals surface area (Å²) in [6.45, 7) is 6.34. The van der Waals surface area contributed by atoms with Gasteiger partial charge in [-0.25, -0.2) is 9.48 Å². The van der Waals surface area contributed by atoms with E-state index in [-0.39, 0.29) is 24.2 Å². The lowest BCUT2D eigenvalue weighted by Gasteiger charge is -2.22. The summed E-state index contributed by atoms with van der Waals surface area (Å²) < 4.78 is 13.2. The minimum absolute atomic E-state index is 0.0255. The number of carbonyl (C=O) groups is 1. The molecular formula is C24H28ClN5O3. The third kappa shape index (κ3) is 6.01. The smallest absolute Gasteiger partial charge is 0.413 e.